The highest BCUT2D eigenvalue weighted by atomic mass is 16.7. The Labute approximate surface area is 244 Å². The van der Waals surface area contributed by atoms with Gasteiger partial charge in [0.15, 0.2) is 17.7 Å². The van der Waals surface area contributed by atoms with E-state index in [-0.39, 0.29) is 23.1 Å². The number of esters is 2. The average molecular weight is 597 g/mol. The number of aliphatic hydroxyl groups excluding tert-OH is 2. The predicted octanol–water partition coefficient (Wildman–Crippen LogP) is -0.363. The monoisotopic (exact) mass is 596 g/mol. The Hall–Kier alpha value is -4.66. The Kier molecular flexibility index (Phi) is 9.53. The van der Waals surface area contributed by atoms with Gasteiger partial charge in [-0.2, -0.15) is 0 Å². The van der Waals surface area contributed by atoms with Gasteiger partial charge in [0.05, 0.1) is 0 Å². The minimum absolute atomic E-state index is 0.0701. The lowest BCUT2D eigenvalue weighted by Crippen LogP contribution is -2.61. The molecule has 1 aromatic rings. The Morgan fingerprint density at radius 2 is 1.33 bits per heavy atom. The van der Waals surface area contributed by atoms with Gasteiger partial charge in [-0.25, -0.2) is 9.59 Å². The van der Waals surface area contributed by atoms with Crippen molar-refractivity contribution in [2.24, 2.45) is 0 Å². The number of carbonyl (C=O) groups excluding carboxylic acids is 4. The Bertz CT molecular complexity index is 1380. The molecule has 4 rings (SSSR count). The van der Waals surface area contributed by atoms with Crippen LogP contribution >= 0.6 is 0 Å². The summed E-state index contributed by atoms with van der Waals surface area (Å²) in [5.41, 5.74) is -3.43. The molecule has 43 heavy (non-hydrogen) atoms. The van der Waals surface area contributed by atoms with Crippen molar-refractivity contribution in [2.45, 2.75) is 41.9 Å². The molecule has 0 bridgehead atoms. The molecular formula is C30H28O13. The number of phenols is 1. The molecule has 0 saturated carbocycles. The molecular weight excluding hydrogens is 568 g/mol. The number of ether oxygens (including phenoxy) is 4. The van der Waals surface area contributed by atoms with Crippen LogP contribution in [0.3, 0.4) is 0 Å². The number of aromatic hydroxyl groups is 1. The predicted molar refractivity (Wildman–Crippen MR) is 145 cm³/mol. The smallest absolute Gasteiger partial charge is 0.331 e. The second kappa shape index (κ2) is 13.1. The topological polar surface area (TPSA) is 206 Å². The van der Waals surface area contributed by atoms with E-state index in [0.29, 0.717) is 0 Å². The van der Waals surface area contributed by atoms with Gasteiger partial charge in [0.2, 0.25) is 6.29 Å². The maximum absolute atomic E-state index is 12.6. The maximum atomic E-state index is 12.6. The van der Waals surface area contributed by atoms with Crippen molar-refractivity contribution in [3.63, 3.8) is 0 Å². The first-order chi connectivity index (χ1) is 20.3. The number of benzene rings is 1. The van der Waals surface area contributed by atoms with Crippen molar-refractivity contribution in [1.82, 2.24) is 0 Å². The zero-order valence-electron chi connectivity index (χ0n) is 22.3. The number of allylic oxidation sites excluding steroid dienone is 4. The first-order valence-electron chi connectivity index (χ1n) is 12.9. The lowest BCUT2D eigenvalue weighted by atomic mass is 9.97. The van der Waals surface area contributed by atoms with Crippen molar-refractivity contribution in [3.8, 4) is 11.5 Å². The fraction of sp³-hybridized carbons (Fsp3) is 0.267. The second-order valence-electron chi connectivity index (χ2n) is 9.75. The van der Waals surface area contributed by atoms with Crippen LogP contribution in [0.5, 0.6) is 11.5 Å². The highest BCUT2D eigenvalue weighted by Gasteiger charge is 2.48. The van der Waals surface area contributed by atoms with Crippen LogP contribution < -0.4 is 4.74 Å². The number of hydrogen-bond acceptors (Lipinski definition) is 13. The molecule has 1 heterocycles. The van der Waals surface area contributed by atoms with Gasteiger partial charge < -0.3 is 44.5 Å². The van der Waals surface area contributed by atoms with E-state index in [9.17, 15) is 44.7 Å². The SMILES string of the molecule is O=C1C=CC(O)(/C=C/C(=O)OC[C@H]2O[C@@H](Oc3ccc(O)cc3)[C@H](OC(=O)/C=C/C3(O)C=CC(=O)C=C3)[C@@H](O)[C@@H]2O)C=C1. The van der Waals surface area contributed by atoms with Crippen molar-refractivity contribution < 1.29 is 63.7 Å². The molecule has 0 unspecified atom stereocenters. The first kappa shape index (κ1) is 31.3. The van der Waals surface area contributed by atoms with Gasteiger partial charge in [0, 0.05) is 12.2 Å². The van der Waals surface area contributed by atoms with Crippen LogP contribution in [0.15, 0.2) is 97.2 Å². The standard InChI is InChI=1S/C30H28O13/c31-18-1-3-21(4-2-18)41-28-27(43-24(35)10-16-30(39)13-7-20(33)8-14-30)26(37)25(36)22(42-28)17-40-23(34)9-15-29(38)11-5-19(32)6-12-29/h1-16,22,25-28,31,36-39H,17H2/b15-9+,16-10+/t22-,25-,26+,27-,28-/m1/s1. The summed E-state index contributed by atoms with van der Waals surface area (Å²) in [7, 11) is 0. The van der Waals surface area contributed by atoms with Gasteiger partial charge in [-0.1, -0.05) is 0 Å². The average Bonchev–Trinajstić information content (AvgIpc) is 2.98. The number of hydrogen-bond donors (Lipinski definition) is 5. The molecule has 1 fully saturated rings. The highest BCUT2D eigenvalue weighted by molar-refractivity contribution is 6.01. The number of aliphatic hydroxyl groups is 4. The Balaban J connectivity index is 1.44. The quantitative estimate of drug-likeness (QED) is 0.183. The van der Waals surface area contributed by atoms with Crippen molar-refractivity contribution in [1.29, 1.82) is 0 Å². The van der Waals surface area contributed by atoms with E-state index in [1.807, 2.05) is 0 Å². The second-order valence-corrected chi connectivity index (χ2v) is 9.75. The number of phenolic OH excluding ortho intramolecular Hbond substituents is 1. The first-order valence-corrected chi connectivity index (χ1v) is 12.9. The van der Waals surface area contributed by atoms with Crippen LogP contribution in [0.4, 0.5) is 0 Å². The summed E-state index contributed by atoms with van der Waals surface area (Å²) in [5, 5.41) is 51.8. The Morgan fingerprint density at radius 3 is 1.86 bits per heavy atom. The van der Waals surface area contributed by atoms with Crippen LogP contribution in [-0.4, -0.2) is 97.6 Å². The van der Waals surface area contributed by atoms with E-state index in [4.69, 9.17) is 18.9 Å². The van der Waals surface area contributed by atoms with Gasteiger partial charge in [0.25, 0.3) is 0 Å². The molecule has 0 aromatic heterocycles. The molecule has 2 aliphatic carbocycles. The van der Waals surface area contributed by atoms with Gasteiger partial charge >= 0.3 is 11.9 Å². The summed E-state index contributed by atoms with van der Waals surface area (Å²) < 4.78 is 21.8. The van der Waals surface area contributed by atoms with Gasteiger partial charge in [-0.05, 0) is 85.0 Å². The van der Waals surface area contributed by atoms with Crippen LogP contribution in [0.25, 0.3) is 0 Å². The fourth-order valence-corrected chi connectivity index (χ4v) is 4.02. The summed E-state index contributed by atoms with van der Waals surface area (Å²) in [6.07, 6.45) is 4.93. The molecule has 226 valence electrons. The summed E-state index contributed by atoms with van der Waals surface area (Å²) in [6.45, 7) is -0.593. The normalized spacial score (nSPS) is 27.5. The third-order valence-corrected chi connectivity index (χ3v) is 6.41. The fourth-order valence-electron chi connectivity index (χ4n) is 4.02. The molecule has 3 aliphatic rings. The minimum Gasteiger partial charge on any atom is -0.508 e. The molecule has 5 N–H and O–H groups in total. The summed E-state index contributed by atoms with van der Waals surface area (Å²) in [6, 6.07) is 5.32. The molecule has 5 atom stereocenters. The zero-order chi connectivity index (χ0) is 31.2. The van der Waals surface area contributed by atoms with Gasteiger partial charge in [-0.3, -0.25) is 9.59 Å². The van der Waals surface area contributed by atoms with Crippen LogP contribution in [0.1, 0.15) is 0 Å². The van der Waals surface area contributed by atoms with Crippen molar-refractivity contribution in [2.75, 3.05) is 6.61 Å². The molecule has 13 heteroatoms. The van der Waals surface area contributed by atoms with E-state index in [1.165, 1.54) is 36.4 Å². The highest BCUT2D eigenvalue weighted by Crippen LogP contribution is 2.28. The van der Waals surface area contributed by atoms with Gasteiger partial charge in [-0.15, -0.1) is 0 Å². The minimum atomic E-state index is -1.81. The third-order valence-electron chi connectivity index (χ3n) is 6.41. The summed E-state index contributed by atoms with van der Waals surface area (Å²) in [5.74, 6) is -2.64. The largest absolute Gasteiger partial charge is 0.508 e. The summed E-state index contributed by atoms with van der Waals surface area (Å²) in [4.78, 5) is 47.4. The molecule has 0 amide bonds. The Morgan fingerprint density at radius 1 is 0.814 bits per heavy atom. The lowest BCUT2D eigenvalue weighted by Gasteiger charge is -2.41. The maximum Gasteiger partial charge on any atom is 0.331 e. The summed E-state index contributed by atoms with van der Waals surface area (Å²) >= 11 is 0. The third kappa shape index (κ3) is 8.44. The van der Waals surface area contributed by atoms with E-state index < -0.39 is 60.5 Å². The van der Waals surface area contributed by atoms with E-state index >= 15 is 0 Å². The molecule has 1 saturated heterocycles. The number of ketones is 2. The van der Waals surface area contributed by atoms with Crippen molar-refractivity contribution >= 4 is 23.5 Å². The molecule has 0 spiro atoms. The zero-order valence-corrected chi connectivity index (χ0v) is 22.3. The molecule has 13 nitrogen and oxygen atoms in total. The van der Waals surface area contributed by atoms with E-state index in [2.05, 4.69) is 0 Å². The number of rotatable bonds is 9. The lowest BCUT2D eigenvalue weighted by molar-refractivity contribution is -0.281. The van der Waals surface area contributed by atoms with E-state index in [0.717, 1.165) is 60.8 Å². The van der Waals surface area contributed by atoms with Crippen LogP contribution in [-0.2, 0) is 33.4 Å². The van der Waals surface area contributed by atoms with Gasteiger partial charge in [0.1, 0.15) is 47.6 Å². The van der Waals surface area contributed by atoms with E-state index in [1.54, 1.807) is 0 Å². The van der Waals surface area contributed by atoms with Crippen LogP contribution in [0.2, 0.25) is 0 Å². The molecule has 1 aliphatic heterocycles. The molecule has 1 aromatic carbocycles. The van der Waals surface area contributed by atoms with Crippen molar-refractivity contribution in [3.05, 3.63) is 97.2 Å². The number of carbonyl (C=O) groups is 4. The molecule has 0 radical (unpaired) electrons. The van der Waals surface area contributed by atoms with Crippen LogP contribution in [0, 0.1) is 0 Å².